The Morgan fingerprint density at radius 3 is 2.64 bits per heavy atom. The lowest BCUT2D eigenvalue weighted by atomic mass is 10.1. The Hall–Kier alpha value is -0.200. The van der Waals surface area contributed by atoms with Gasteiger partial charge in [-0.25, -0.2) is 8.42 Å². The summed E-state index contributed by atoms with van der Waals surface area (Å²) >= 11 is 4.89. The highest BCUT2D eigenvalue weighted by molar-refractivity contribution is 7.92. The minimum Gasteiger partial charge on any atom is -0.393 e. The van der Waals surface area contributed by atoms with Crippen LogP contribution in [0, 0.1) is 5.41 Å². The molecule has 1 rings (SSSR count). The second-order valence-electron chi connectivity index (χ2n) is 3.60. The molecule has 0 heterocycles. The van der Waals surface area contributed by atoms with Crippen molar-refractivity contribution < 1.29 is 13.2 Å². The summed E-state index contributed by atoms with van der Waals surface area (Å²) in [6.07, 6.45) is 0.506. The fraction of sp³-hybridized carbons (Fsp3) is 0.875. The molecule has 1 aliphatic carbocycles. The third-order valence-electron chi connectivity index (χ3n) is 2.73. The van der Waals surface area contributed by atoms with Gasteiger partial charge in [0.15, 0.2) is 9.84 Å². The van der Waals surface area contributed by atoms with Gasteiger partial charge in [0.25, 0.3) is 0 Å². The first-order chi connectivity index (χ1) is 6.40. The number of hydrogen-bond donors (Lipinski definition) is 1. The molecule has 0 aromatic rings. The number of thiocarbonyl (C=S) groups is 1. The third kappa shape index (κ3) is 1.78. The van der Waals surface area contributed by atoms with Gasteiger partial charge in [-0.2, -0.15) is 0 Å². The van der Waals surface area contributed by atoms with Crippen LogP contribution in [0.1, 0.15) is 13.3 Å². The molecule has 1 fully saturated rings. The van der Waals surface area contributed by atoms with Crippen LogP contribution in [-0.2, 0) is 14.6 Å². The highest BCUT2D eigenvalue weighted by Crippen LogP contribution is 2.51. The van der Waals surface area contributed by atoms with Gasteiger partial charge in [0, 0.05) is 12.9 Å². The van der Waals surface area contributed by atoms with Crippen LogP contribution in [0.15, 0.2) is 0 Å². The molecule has 2 N–H and O–H groups in total. The molecular weight excluding hydrogens is 222 g/mol. The molecule has 0 aliphatic heterocycles. The third-order valence-corrected chi connectivity index (χ3v) is 5.43. The topological polar surface area (TPSA) is 69.4 Å². The fourth-order valence-corrected chi connectivity index (χ4v) is 3.88. The molecule has 0 saturated heterocycles. The van der Waals surface area contributed by atoms with E-state index in [1.807, 2.05) is 0 Å². The van der Waals surface area contributed by atoms with Crippen molar-refractivity contribution in [2.75, 3.05) is 19.5 Å². The Morgan fingerprint density at radius 2 is 2.29 bits per heavy atom. The predicted octanol–water partition coefficient (Wildman–Crippen LogP) is 0.112. The van der Waals surface area contributed by atoms with Gasteiger partial charge in [-0.15, -0.1) is 0 Å². The van der Waals surface area contributed by atoms with Crippen LogP contribution in [0.4, 0.5) is 0 Å². The largest absolute Gasteiger partial charge is 0.393 e. The van der Waals surface area contributed by atoms with E-state index in [2.05, 4.69) is 0 Å². The first-order valence-corrected chi connectivity index (χ1v) is 6.53. The molecule has 1 aliphatic rings. The van der Waals surface area contributed by atoms with Crippen LogP contribution in [0.5, 0.6) is 0 Å². The number of sulfone groups is 1. The molecule has 0 bridgehead atoms. The Bertz CT molecular complexity index is 338. The summed E-state index contributed by atoms with van der Waals surface area (Å²) in [5, 5.41) is -0.433. The van der Waals surface area contributed by atoms with Crippen molar-refractivity contribution >= 4 is 27.0 Å². The van der Waals surface area contributed by atoms with Gasteiger partial charge >= 0.3 is 0 Å². The van der Waals surface area contributed by atoms with Crippen molar-refractivity contribution in [2.24, 2.45) is 11.1 Å². The van der Waals surface area contributed by atoms with Gasteiger partial charge in [0.05, 0.1) is 22.3 Å². The summed E-state index contributed by atoms with van der Waals surface area (Å²) in [5.74, 6) is 0.131. The molecule has 0 amide bonds. The molecule has 82 valence electrons. The van der Waals surface area contributed by atoms with Gasteiger partial charge in [0.2, 0.25) is 0 Å². The zero-order valence-corrected chi connectivity index (χ0v) is 9.95. The normalized spacial score (nSPS) is 31.4. The molecule has 14 heavy (non-hydrogen) atoms. The van der Waals surface area contributed by atoms with Crippen molar-refractivity contribution in [1.82, 2.24) is 0 Å². The number of rotatable bonds is 5. The summed E-state index contributed by atoms with van der Waals surface area (Å²) in [7, 11) is -1.53. The predicted molar refractivity (Wildman–Crippen MR) is 59.0 cm³/mol. The van der Waals surface area contributed by atoms with Crippen molar-refractivity contribution in [3.63, 3.8) is 0 Å². The number of ether oxygens (including phenoxy) is 1. The summed E-state index contributed by atoms with van der Waals surface area (Å²) in [6.45, 7) is 1.93. The zero-order valence-electron chi connectivity index (χ0n) is 8.32. The van der Waals surface area contributed by atoms with E-state index in [9.17, 15) is 8.42 Å². The standard InChI is InChI=1S/C8H15NO3S2/c1-3-14(10,11)6-4-8(6,5-12-2)7(9)13/h6H,3-5H2,1-2H3,(H2,9,13)/t6-,8+/m0/s1. The van der Waals surface area contributed by atoms with E-state index in [0.29, 0.717) is 13.0 Å². The molecule has 2 atom stereocenters. The van der Waals surface area contributed by atoms with Gasteiger partial charge in [-0.05, 0) is 6.42 Å². The Balaban J connectivity index is 2.86. The molecule has 6 heteroatoms. The summed E-state index contributed by atoms with van der Waals surface area (Å²) in [5.41, 5.74) is 4.95. The van der Waals surface area contributed by atoms with E-state index in [4.69, 9.17) is 22.7 Å². The van der Waals surface area contributed by atoms with E-state index in [1.165, 1.54) is 7.11 Å². The summed E-state index contributed by atoms with van der Waals surface area (Å²) < 4.78 is 28.1. The Kier molecular flexibility index (Phi) is 3.18. The minimum atomic E-state index is -3.05. The van der Waals surface area contributed by atoms with Gasteiger partial charge < -0.3 is 10.5 Å². The maximum atomic E-state index is 11.6. The lowest BCUT2D eigenvalue weighted by Crippen LogP contribution is -2.33. The van der Waals surface area contributed by atoms with E-state index < -0.39 is 20.5 Å². The van der Waals surface area contributed by atoms with Crippen LogP contribution in [-0.4, -0.2) is 38.1 Å². The monoisotopic (exact) mass is 237 g/mol. The van der Waals surface area contributed by atoms with Gasteiger partial charge in [0.1, 0.15) is 0 Å². The second-order valence-corrected chi connectivity index (χ2v) is 6.51. The maximum absolute atomic E-state index is 11.6. The van der Waals surface area contributed by atoms with Crippen LogP contribution in [0.3, 0.4) is 0 Å². The average molecular weight is 237 g/mol. The number of methoxy groups -OCH3 is 1. The quantitative estimate of drug-likeness (QED) is 0.687. The molecular formula is C8H15NO3S2. The molecule has 1 saturated carbocycles. The molecule has 0 aromatic heterocycles. The summed E-state index contributed by atoms with van der Waals surface area (Å²) in [4.78, 5) is 0.251. The highest BCUT2D eigenvalue weighted by atomic mass is 32.2. The van der Waals surface area contributed by atoms with Crippen molar-refractivity contribution in [3.05, 3.63) is 0 Å². The molecule has 0 unspecified atom stereocenters. The van der Waals surface area contributed by atoms with Gasteiger partial charge in [-0.1, -0.05) is 19.1 Å². The van der Waals surface area contributed by atoms with Crippen LogP contribution in [0.25, 0.3) is 0 Å². The SMILES string of the molecule is CCS(=O)(=O)[C@H]1C[C@]1(COC)C(N)=S. The number of hydrogen-bond acceptors (Lipinski definition) is 4. The second kappa shape index (κ2) is 3.75. The first-order valence-electron chi connectivity index (χ1n) is 4.41. The molecule has 4 nitrogen and oxygen atoms in total. The Morgan fingerprint density at radius 1 is 1.71 bits per heavy atom. The average Bonchev–Trinajstić information content (AvgIpc) is 2.82. The van der Waals surface area contributed by atoms with Crippen molar-refractivity contribution in [1.29, 1.82) is 0 Å². The number of nitrogens with two attached hydrogens (primary N) is 1. The fourth-order valence-electron chi connectivity index (χ4n) is 1.68. The molecule has 0 spiro atoms. The van der Waals surface area contributed by atoms with Crippen molar-refractivity contribution in [2.45, 2.75) is 18.6 Å². The highest BCUT2D eigenvalue weighted by Gasteiger charge is 2.62. The van der Waals surface area contributed by atoms with E-state index in [1.54, 1.807) is 6.92 Å². The van der Waals surface area contributed by atoms with Crippen LogP contribution < -0.4 is 5.73 Å². The van der Waals surface area contributed by atoms with E-state index in [-0.39, 0.29) is 10.7 Å². The first kappa shape index (κ1) is 11.9. The van der Waals surface area contributed by atoms with Crippen molar-refractivity contribution in [3.8, 4) is 0 Å². The molecule has 0 radical (unpaired) electrons. The van der Waals surface area contributed by atoms with Crippen LogP contribution in [0.2, 0.25) is 0 Å². The maximum Gasteiger partial charge on any atom is 0.153 e. The van der Waals surface area contributed by atoms with E-state index >= 15 is 0 Å². The minimum absolute atomic E-state index is 0.131. The molecule has 0 aromatic carbocycles. The van der Waals surface area contributed by atoms with E-state index in [0.717, 1.165) is 0 Å². The van der Waals surface area contributed by atoms with Crippen LogP contribution >= 0.6 is 12.2 Å². The lowest BCUT2D eigenvalue weighted by Gasteiger charge is -2.14. The smallest absolute Gasteiger partial charge is 0.153 e. The Labute approximate surface area is 89.7 Å². The lowest BCUT2D eigenvalue weighted by molar-refractivity contribution is 0.169. The summed E-state index contributed by atoms with van der Waals surface area (Å²) in [6, 6.07) is 0. The van der Waals surface area contributed by atoms with Gasteiger partial charge in [-0.3, -0.25) is 0 Å². The zero-order chi connectivity index (χ0) is 11.0.